The number of anilines is 1. The third-order valence-electron chi connectivity index (χ3n) is 5.93. The van der Waals surface area contributed by atoms with E-state index in [0.717, 1.165) is 44.0 Å². The average molecular weight is 533 g/mol. The Morgan fingerprint density at radius 3 is 2.64 bits per heavy atom. The molecule has 190 valence electrons. The maximum atomic E-state index is 13.7. The molecule has 2 aromatic carbocycles. The lowest BCUT2D eigenvalue weighted by atomic mass is 10.0. The second-order valence-corrected chi connectivity index (χ2v) is 9.10. The minimum Gasteiger partial charge on any atom is -0.489 e. The molecule has 0 bridgehead atoms. The molecule has 0 aliphatic carbocycles. The van der Waals surface area contributed by atoms with Gasteiger partial charge in [0.25, 0.3) is 5.91 Å². The topological polar surface area (TPSA) is 89.7 Å². The molecule has 36 heavy (non-hydrogen) atoms. The van der Waals surface area contributed by atoms with Crippen molar-refractivity contribution < 1.29 is 18.7 Å². The number of aromatic nitrogens is 1. The Labute approximate surface area is 219 Å². The van der Waals surface area contributed by atoms with Crippen LogP contribution in [-0.2, 0) is 11.2 Å². The van der Waals surface area contributed by atoms with Crippen molar-refractivity contribution in [1.82, 2.24) is 15.2 Å². The molecule has 1 amide bonds. The molecule has 3 aromatic rings. The molecule has 0 saturated carbocycles. The molecule has 0 unspecified atom stereocenters. The van der Waals surface area contributed by atoms with E-state index in [0.29, 0.717) is 34.9 Å². The Morgan fingerprint density at radius 2 is 1.89 bits per heavy atom. The number of carbonyl (C=O) groups is 1. The van der Waals surface area contributed by atoms with Crippen LogP contribution in [0, 0.1) is 5.82 Å². The molecule has 7 nitrogen and oxygen atoms in total. The number of hydrogen-bond acceptors (Lipinski definition) is 6. The third-order valence-corrected chi connectivity index (χ3v) is 6.69. The van der Waals surface area contributed by atoms with Crippen molar-refractivity contribution in [1.29, 1.82) is 0 Å². The first-order chi connectivity index (χ1) is 17.4. The van der Waals surface area contributed by atoms with Crippen molar-refractivity contribution in [3.8, 4) is 16.9 Å². The SMILES string of the molecule is Nc1ncc(-c2ccc(C(=O)NCCN3CCOCC3)cc2)cc1OCCc1c(Cl)ccc(F)c1Cl. The van der Waals surface area contributed by atoms with E-state index < -0.39 is 5.82 Å². The molecule has 0 atom stereocenters. The highest BCUT2D eigenvalue weighted by atomic mass is 35.5. The van der Waals surface area contributed by atoms with Gasteiger partial charge >= 0.3 is 0 Å². The number of nitrogens with two attached hydrogens (primary N) is 1. The summed E-state index contributed by atoms with van der Waals surface area (Å²) in [7, 11) is 0. The van der Waals surface area contributed by atoms with Gasteiger partial charge in [0.05, 0.1) is 24.8 Å². The Kier molecular flexibility index (Phi) is 8.98. The second kappa shape index (κ2) is 12.4. The zero-order chi connectivity index (χ0) is 25.5. The first kappa shape index (κ1) is 26.2. The number of nitrogens with one attached hydrogen (secondary N) is 1. The van der Waals surface area contributed by atoms with Gasteiger partial charge in [-0.2, -0.15) is 0 Å². The van der Waals surface area contributed by atoms with E-state index in [9.17, 15) is 9.18 Å². The number of carbonyl (C=O) groups excluding carboxylic acids is 1. The number of pyridine rings is 1. The minimum atomic E-state index is -0.534. The van der Waals surface area contributed by atoms with Crippen molar-refractivity contribution >= 4 is 34.9 Å². The highest BCUT2D eigenvalue weighted by molar-refractivity contribution is 6.36. The lowest BCUT2D eigenvalue weighted by Gasteiger charge is -2.26. The van der Waals surface area contributed by atoms with E-state index in [4.69, 9.17) is 38.4 Å². The van der Waals surface area contributed by atoms with Crippen LogP contribution in [0.4, 0.5) is 10.2 Å². The summed E-state index contributed by atoms with van der Waals surface area (Å²) in [5, 5.41) is 3.31. The van der Waals surface area contributed by atoms with Gasteiger partial charge in [-0.25, -0.2) is 9.37 Å². The summed E-state index contributed by atoms with van der Waals surface area (Å²) in [6, 6.07) is 11.7. The number of halogens is 3. The monoisotopic (exact) mass is 532 g/mol. The van der Waals surface area contributed by atoms with Gasteiger partial charge in [-0.15, -0.1) is 0 Å². The summed E-state index contributed by atoms with van der Waals surface area (Å²) < 4.78 is 24.9. The fourth-order valence-electron chi connectivity index (χ4n) is 3.86. The van der Waals surface area contributed by atoms with Crippen LogP contribution in [-0.4, -0.2) is 61.8 Å². The predicted octanol–water partition coefficient (Wildman–Crippen LogP) is 4.46. The lowest BCUT2D eigenvalue weighted by Crippen LogP contribution is -2.41. The molecule has 10 heteroatoms. The van der Waals surface area contributed by atoms with Crippen LogP contribution in [0.5, 0.6) is 5.75 Å². The van der Waals surface area contributed by atoms with Crippen LogP contribution in [0.1, 0.15) is 15.9 Å². The maximum absolute atomic E-state index is 13.7. The van der Waals surface area contributed by atoms with Crippen LogP contribution in [0.2, 0.25) is 10.0 Å². The fourth-order valence-corrected chi connectivity index (χ4v) is 4.42. The first-order valence-corrected chi connectivity index (χ1v) is 12.4. The number of rotatable bonds is 9. The molecule has 2 heterocycles. The Hall–Kier alpha value is -2.91. The van der Waals surface area contributed by atoms with Gasteiger partial charge in [0.1, 0.15) is 5.82 Å². The second-order valence-electron chi connectivity index (χ2n) is 8.31. The van der Waals surface area contributed by atoms with Crippen molar-refractivity contribution in [2.45, 2.75) is 6.42 Å². The smallest absolute Gasteiger partial charge is 0.251 e. The van der Waals surface area contributed by atoms with E-state index in [1.807, 2.05) is 12.1 Å². The van der Waals surface area contributed by atoms with Gasteiger partial charge < -0.3 is 20.5 Å². The molecule has 0 spiro atoms. The molecule has 4 rings (SSSR count). The van der Waals surface area contributed by atoms with Crippen molar-refractivity contribution in [2.75, 3.05) is 51.7 Å². The molecular formula is C26H27Cl2FN4O3. The van der Waals surface area contributed by atoms with Crippen LogP contribution < -0.4 is 15.8 Å². The van der Waals surface area contributed by atoms with Crippen LogP contribution >= 0.6 is 23.2 Å². The number of morpholine rings is 1. The molecule has 1 aliphatic heterocycles. The Bertz CT molecular complexity index is 1200. The fraction of sp³-hybridized carbons (Fsp3) is 0.308. The summed E-state index contributed by atoms with van der Waals surface area (Å²) in [5.74, 6) is -0.0371. The number of amides is 1. The summed E-state index contributed by atoms with van der Waals surface area (Å²) >= 11 is 12.2. The van der Waals surface area contributed by atoms with Gasteiger partial charge in [-0.1, -0.05) is 35.3 Å². The summed E-state index contributed by atoms with van der Waals surface area (Å²) in [4.78, 5) is 19.0. The third kappa shape index (κ3) is 6.64. The van der Waals surface area contributed by atoms with Crippen molar-refractivity contribution in [2.24, 2.45) is 0 Å². The zero-order valence-corrected chi connectivity index (χ0v) is 21.1. The number of ether oxygens (including phenoxy) is 2. The van der Waals surface area contributed by atoms with Gasteiger partial charge in [0.2, 0.25) is 0 Å². The normalized spacial score (nSPS) is 14.0. The molecule has 1 saturated heterocycles. The molecular weight excluding hydrogens is 506 g/mol. The van der Waals surface area contributed by atoms with Gasteiger partial charge in [0, 0.05) is 54.9 Å². The van der Waals surface area contributed by atoms with E-state index in [-0.39, 0.29) is 23.4 Å². The minimum absolute atomic E-state index is 0.0174. The molecule has 1 aliphatic rings. The number of benzene rings is 2. The molecule has 1 aromatic heterocycles. The van der Waals surface area contributed by atoms with E-state index in [2.05, 4.69) is 15.2 Å². The van der Waals surface area contributed by atoms with Crippen LogP contribution in [0.25, 0.3) is 11.1 Å². The number of nitrogen functional groups attached to an aromatic ring is 1. The first-order valence-electron chi connectivity index (χ1n) is 11.6. The summed E-state index contributed by atoms with van der Waals surface area (Å²) in [5.41, 5.74) is 8.66. The van der Waals surface area contributed by atoms with E-state index in [1.165, 1.54) is 12.1 Å². The summed E-state index contributed by atoms with van der Waals surface area (Å²) in [6.07, 6.45) is 1.94. The molecule has 3 N–H and O–H groups in total. The predicted molar refractivity (Wildman–Crippen MR) is 139 cm³/mol. The largest absolute Gasteiger partial charge is 0.489 e. The van der Waals surface area contributed by atoms with Crippen LogP contribution in [0.15, 0.2) is 48.7 Å². The standard InChI is InChI=1S/C26H27Cl2FN4O3/c27-21-5-6-22(29)24(28)20(21)7-12-36-23-15-19(16-32-25(23)30)17-1-3-18(4-2-17)26(34)31-8-9-33-10-13-35-14-11-33/h1-6,15-16H,7-14H2,(H2,30,32)(H,31,34). The van der Waals surface area contributed by atoms with Gasteiger partial charge in [-0.3, -0.25) is 9.69 Å². The number of nitrogens with zero attached hydrogens (tertiary/aromatic N) is 2. The Balaban J connectivity index is 1.34. The van der Waals surface area contributed by atoms with Crippen LogP contribution in [0.3, 0.4) is 0 Å². The highest BCUT2D eigenvalue weighted by Crippen LogP contribution is 2.30. The summed E-state index contributed by atoms with van der Waals surface area (Å²) in [6.45, 7) is 4.80. The lowest BCUT2D eigenvalue weighted by molar-refractivity contribution is 0.0383. The maximum Gasteiger partial charge on any atom is 0.251 e. The Morgan fingerprint density at radius 1 is 1.14 bits per heavy atom. The van der Waals surface area contributed by atoms with Gasteiger partial charge in [-0.05, 0) is 41.5 Å². The number of hydrogen-bond donors (Lipinski definition) is 2. The van der Waals surface area contributed by atoms with E-state index >= 15 is 0 Å². The van der Waals surface area contributed by atoms with Gasteiger partial charge in [0.15, 0.2) is 11.6 Å². The molecule has 0 radical (unpaired) electrons. The van der Waals surface area contributed by atoms with Crippen molar-refractivity contribution in [3.05, 3.63) is 75.7 Å². The highest BCUT2D eigenvalue weighted by Gasteiger charge is 2.13. The molecule has 1 fully saturated rings. The quantitative estimate of drug-likeness (QED) is 0.395. The average Bonchev–Trinajstić information content (AvgIpc) is 2.90. The zero-order valence-electron chi connectivity index (χ0n) is 19.6. The van der Waals surface area contributed by atoms with E-state index in [1.54, 1.807) is 24.4 Å². The van der Waals surface area contributed by atoms with Crippen molar-refractivity contribution in [3.63, 3.8) is 0 Å².